The Labute approximate surface area is 125 Å². The first-order valence-corrected chi connectivity index (χ1v) is 7.29. The number of carbonyl (C=O) groups excluding carboxylic acids is 1. The minimum absolute atomic E-state index is 0.132. The average molecular weight is 311 g/mol. The van der Waals surface area contributed by atoms with Gasteiger partial charge in [0.25, 0.3) is 0 Å². The van der Waals surface area contributed by atoms with Gasteiger partial charge in [-0.1, -0.05) is 6.07 Å². The number of hydrogen-bond donors (Lipinski definition) is 1. The van der Waals surface area contributed by atoms with Crippen molar-refractivity contribution >= 4 is 22.4 Å². The van der Waals surface area contributed by atoms with Gasteiger partial charge in [-0.3, -0.25) is 4.79 Å². The number of aromatic nitrogens is 1. The van der Waals surface area contributed by atoms with E-state index in [2.05, 4.69) is 4.98 Å². The number of nitrogens with two attached hydrogens (primary N) is 1. The van der Waals surface area contributed by atoms with Gasteiger partial charge in [-0.05, 0) is 24.6 Å². The van der Waals surface area contributed by atoms with Crippen molar-refractivity contribution < 1.29 is 13.6 Å². The lowest BCUT2D eigenvalue weighted by Gasteiger charge is -2.20. The molecule has 0 saturated heterocycles. The van der Waals surface area contributed by atoms with Gasteiger partial charge in [-0.25, -0.2) is 13.8 Å². The Kier molecular flexibility index (Phi) is 4.85. The zero-order valence-electron chi connectivity index (χ0n) is 11.5. The van der Waals surface area contributed by atoms with Crippen molar-refractivity contribution in [2.75, 3.05) is 12.3 Å². The summed E-state index contributed by atoms with van der Waals surface area (Å²) < 4.78 is 26.1. The Morgan fingerprint density at radius 2 is 2.14 bits per heavy atom. The van der Waals surface area contributed by atoms with Gasteiger partial charge in [0.05, 0.1) is 12.1 Å². The second kappa shape index (κ2) is 6.62. The van der Waals surface area contributed by atoms with Gasteiger partial charge < -0.3 is 10.6 Å². The van der Waals surface area contributed by atoms with Gasteiger partial charge in [-0.15, -0.1) is 11.3 Å². The molecule has 0 aliphatic heterocycles. The molecule has 21 heavy (non-hydrogen) atoms. The second-order valence-corrected chi connectivity index (χ2v) is 5.40. The molecule has 0 atom stereocenters. The van der Waals surface area contributed by atoms with E-state index in [1.165, 1.54) is 17.4 Å². The number of carbonyl (C=O) groups is 1. The van der Waals surface area contributed by atoms with Crippen LogP contribution in [0.25, 0.3) is 0 Å². The number of halogens is 2. The predicted octanol–water partition coefficient (Wildman–Crippen LogP) is 2.59. The number of rotatable bonds is 5. The summed E-state index contributed by atoms with van der Waals surface area (Å²) in [5, 5.41) is 2.15. The summed E-state index contributed by atoms with van der Waals surface area (Å²) >= 11 is 1.28. The molecule has 0 saturated carbocycles. The third-order valence-corrected chi connectivity index (χ3v) is 3.72. The van der Waals surface area contributed by atoms with Crippen LogP contribution < -0.4 is 5.73 Å². The molecule has 1 aromatic carbocycles. The fourth-order valence-electron chi connectivity index (χ4n) is 1.91. The van der Waals surface area contributed by atoms with E-state index in [0.717, 1.165) is 12.1 Å². The normalized spacial score (nSPS) is 10.6. The molecule has 2 N–H and O–H groups in total. The summed E-state index contributed by atoms with van der Waals surface area (Å²) in [6.07, 6.45) is 0.144. The molecular weight excluding hydrogens is 296 g/mol. The smallest absolute Gasteiger partial charge is 0.228 e. The molecule has 1 aromatic heterocycles. The van der Waals surface area contributed by atoms with Crippen molar-refractivity contribution in [2.45, 2.75) is 19.9 Å². The predicted molar refractivity (Wildman–Crippen MR) is 77.7 cm³/mol. The van der Waals surface area contributed by atoms with E-state index in [0.29, 0.717) is 22.9 Å². The van der Waals surface area contributed by atoms with Crippen LogP contribution >= 0.6 is 11.3 Å². The van der Waals surface area contributed by atoms with E-state index in [4.69, 9.17) is 5.73 Å². The van der Waals surface area contributed by atoms with Crippen LogP contribution in [0.5, 0.6) is 0 Å². The fourth-order valence-corrected chi connectivity index (χ4v) is 2.47. The summed E-state index contributed by atoms with van der Waals surface area (Å²) in [7, 11) is 0. The van der Waals surface area contributed by atoms with Crippen LogP contribution in [0.3, 0.4) is 0 Å². The third kappa shape index (κ3) is 3.98. The zero-order valence-corrected chi connectivity index (χ0v) is 12.3. The first-order chi connectivity index (χ1) is 9.99. The lowest BCUT2D eigenvalue weighted by Crippen LogP contribution is -2.31. The number of likely N-dealkylation sites (N-methyl/N-ethyl adjacent to an activating group) is 1. The Morgan fingerprint density at radius 1 is 1.38 bits per heavy atom. The minimum atomic E-state index is -0.914. The number of nitrogen functional groups attached to an aromatic ring is 1. The molecule has 7 heteroatoms. The van der Waals surface area contributed by atoms with Crippen LogP contribution in [0.2, 0.25) is 0 Å². The van der Waals surface area contributed by atoms with Crippen molar-refractivity contribution in [2.24, 2.45) is 0 Å². The number of nitrogens with zero attached hydrogens (tertiary/aromatic N) is 2. The number of benzene rings is 1. The van der Waals surface area contributed by atoms with E-state index in [1.807, 2.05) is 6.92 Å². The van der Waals surface area contributed by atoms with Crippen molar-refractivity contribution in [1.82, 2.24) is 9.88 Å². The Morgan fingerprint density at radius 3 is 2.71 bits per heavy atom. The molecule has 0 aliphatic carbocycles. The largest absolute Gasteiger partial charge is 0.375 e. The van der Waals surface area contributed by atoms with Crippen LogP contribution in [0.1, 0.15) is 18.2 Å². The van der Waals surface area contributed by atoms with Gasteiger partial charge in [0.15, 0.2) is 16.8 Å². The standard InChI is InChI=1S/C14H15F2N3OS/c1-2-19(7-9-3-4-11(15)12(16)5-9)13(20)6-10-8-21-14(17)18-10/h3-5,8H,2,6-7H2,1H3,(H2,17,18). The van der Waals surface area contributed by atoms with Gasteiger partial charge >= 0.3 is 0 Å². The Balaban J connectivity index is 2.04. The first-order valence-electron chi connectivity index (χ1n) is 6.41. The molecule has 0 spiro atoms. The average Bonchev–Trinajstić information content (AvgIpc) is 2.85. The maximum absolute atomic E-state index is 13.2. The molecule has 1 heterocycles. The number of thiazole rings is 1. The quantitative estimate of drug-likeness (QED) is 0.923. The van der Waals surface area contributed by atoms with E-state index in [9.17, 15) is 13.6 Å². The lowest BCUT2D eigenvalue weighted by molar-refractivity contribution is -0.130. The second-order valence-electron chi connectivity index (χ2n) is 4.51. The number of amides is 1. The fraction of sp³-hybridized carbons (Fsp3) is 0.286. The lowest BCUT2D eigenvalue weighted by atomic mass is 10.2. The first kappa shape index (κ1) is 15.4. The van der Waals surface area contributed by atoms with Crippen LogP contribution in [-0.2, 0) is 17.8 Å². The van der Waals surface area contributed by atoms with Crippen LogP contribution in [-0.4, -0.2) is 22.3 Å². The Hall–Kier alpha value is -2.02. The monoisotopic (exact) mass is 311 g/mol. The summed E-state index contributed by atoms with van der Waals surface area (Å²) in [4.78, 5) is 17.8. The van der Waals surface area contributed by atoms with Crippen molar-refractivity contribution in [1.29, 1.82) is 0 Å². The summed E-state index contributed by atoms with van der Waals surface area (Å²) in [5.41, 5.74) is 6.68. The number of anilines is 1. The minimum Gasteiger partial charge on any atom is -0.375 e. The van der Waals surface area contributed by atoms with Crippen molar-refractivity contribution in [3.05, 3.63) is 46.5 Å². The maximum Gasteiger partial charge on any atom is 0.228 e. The van der Waals surface area contributed by atoms with Crippen LogP contribution in [0.4, 0.5) is 13.9 Å². The summed E-state index contributed by atoms with van der Waals surface area (Å²) in [6, 6.07) is 3.63. The highest BCUT2D eigenvalue weighted by molar-refractivity contribution is 7.13. The van der Waals surface area contributed by atoms with E-state index in [-0.39, 0.29) is 18.9 Å². The molecule has 0 radical (unpaired) electrons. The van der Waals surface area contributed by atoms with Crippen molar-refractivity contribution in [3.8, 4) is 0 Å². The maximum atomic E-state index is 13.2. The van der Waals surface area contributed by atoms with Gasteiger partial charge in [0, 0.05) is 18.5 Å². The molecule has 0 unspecified atom stereocenters. The highest BCUT2D eigenvalue weighted by atomic mass is 32.1. The highest BCUT2D eigenvalue weighted by Gasteiger charge is 2.15. The number of hydrogen-bond acceptors (Lipinski definition) is 4. The molecule has 1 amide bonds. The molecule has 112 valence electrons. The molecule has 2 rings (SSSR count). The molecule has 4 nitrogen and oxygen atoms in total. The van der Waals surface area contributed by atoms with Gasteiger partial charge in [0.1, 0.15) is 0 Å². The molecular formula is C14H15F2N3OS. The van der Waals surface area contributed by atoms with Crippen LogP contribution in [0.15, 0.2) is 23.6 Å². The van der Waals surface area contributed by atoms with E-state index >= 15 is 0 Å². The van der Waals surface area contributed by atoms with E-state index < -0.39 is 11.6 Å². The van der Waals surface area contributed by atoms with Gasteiger partial charge in [-0.2, -0.15) is 0 Å². The molecule has 0 bridgehead atoms. The van der Waals surface area contributed by atoms with Crippen LogP contribution in [0, 0.1) is 11.6 Å². The molecule has 2 aromatic rings. The third-order valence-electron chi connectivity index (χ3n) is 2.99. The molecule has 0 aliphatic rings. The summed E-state index contributed by atoms with van der Waals surface area (Å²) in [5.74, 6) is -1.94. The zero-order chi connectivity index (χ0) is 15.4. The van der Waals surface area contributed by atoms with Gasteiger partial charge in [0.2, 0.25) is 5.91 Å². The Bertz CT molecular complexity index is 645. The SMILES string of the molecule is CCN(Cc1ccc(F)c(F)c1)C(=O)Cc1csc(N)n1. The van der Waals surface area contributed by atoms with E-state index in [1.54, 1.807) is 10.3 Å². The highest BCUT2D eigenvalue weighted by Crippen LogP contribution is 2.14. The molecule has 0 fully saturated rings. The van der Waals surface area contributed by atoms with Crippen molar-refractivity contribution in [3.63, 3.8) is 0 Å². The topological polar surface area (TPSA) is 59.2 Å². The summed E-state index contributed by atoms with van der Waals surface area (Å²) in [6.45, 7) is 2.52.